The first-order chi connectivity index (χ1) is 8.02. The summed E-state index contributed by atoms with van der Waals surface area (Å²) in [5, 5.41) is 15.4. The molecule has 1 rings (SSSR count). The zero-order valence-electron chi connectivity index (χ0n) is 10.2. The molecule has 4 nitrogen and oxygen atoms in total. The molecule has 0 saturated carbocycles. The van der Waals surface area contributed by atoms with E-state index in [0.29, 0.717) is 13.1 Å². The summed E-state index contributed by atoms with van der Waals surface area (Å²) in [4.78, 5) is 0. The van der Waals surface area contributed by atoms with Crippen LogP contribution in [0.25, 0.3) is 0 Å². The maximum absolute atomic E-state index is 12.8. The van der Waals surface area contributed by atoms with Gasteiger partial charge in [-0.05, 0) is 19.4 Å². The maximum Gasteiger partial charge on any atom is 0.282 e. The number of halogens is 2. The van der Waals surface area contributed by atoms with E-state index < -0.39 is 19.1 Å². The van der Waals surface area contributed by atoms with Crippen LogP contribution in [-0.2, 0) is 19.5 Å². The van der Waals surface area contributed by atoms with Crippen LogP contribution in [-0.4, -0.2) is 34.0 Å². The second kappa shape index (κ2) is 6.07. The largest absolute Gasteiger partial charge is 0.390 e. The molecule has 17 heavy (non-hydrogen) atoms. The summed E-state index contributed by atoms with van der Waals surface area (Å²) in [7, 11) is 0. The van der Waals surface area contributed by atoms with E-state index in [2.05, 4.69) is 10.4 Å². The molecular weight excluding hydrogens is 228 g/mol. The Labute approximate surface area is 99.6 Å². The van der Waals surface area contributed by atoms with Gasteiger partial charge in [0.25, 0.3) is 5.92 Å². The maximum atomic E-state index is 12.8. The van der Waals surface area contributed by atoms with Gasteiger partial charge in [-0.2, -0.15) is 5.10 Å². The van der Waals surface area contributed by atoms with Crippen LogP contribution in [0.1, 0.15) is 25.2 Å². The fourth-order valence-electron chi connectivity index (χ4n) is 1.53. The van der Waals surface area contributed by atoms with Gasteiger partial charge in [-0.3, -0.25) is 4.68 Å². The number of aryl methyl sites for hydroxylation is 2. The monoisotopic (exact) mass is 247 g/mol. The van der Waals surface area contributed by atoms with E-state index in [1.54, 1.807) is 4.68 Å². The third kappa shape index (κ3) is 4.05. The number of aliphatic hydroxyl groups excluding tert-OH is 1. The molecule has 0 fully saturated rings. The van der Waals surface area contributed by atoms with E-state index in [-0.39, 0.29) is 0 Å². The van der Waals surface area contributed by atoms with Crippen molar-refractivity contribution < 1.29 is 13.9 Å². The lowest BCUT2D eigenvalue weighted by molar-refractivity contribution is -0.0478. The Bertz CT molecular complexity index is 352. The Morgan fingerprint density at radius 1 is 1.47 bits per heavy atom. The molecule has 0 aromatic carbocycles. The number of rotatable bonds is 7. The van der Waals surface area contributed by atoms with Crippen molar-refractivity contribution in [3.63, 3.8) is 0 Å². The van der Waals surface area contributed by atoms with Crippen LogP contribution in [0.3, 0.4) is 0 Å². The normalized spacial score (nSPS) is 12.1. The van der Waals surface area contributed by atoms with Crippen LogP contribution in [0.2, 0.25) is 0 Å². The predicted molar refractivity (Wildman–Crippen MR) is 61.0 cm³/mol. The smallest absolute Gasteiger partial charge is 0.282 e. The van der Waals surface area contributed by atoms with Crippen LogP contribution in [0.15, 0.2) is 6.07 Å². The average Bonchev–Trinajstić information content (AvgIpc) is 2.71. The lowest BCUT2D eigenvalue weighted by Gasteiger charge is -2.14. The molecule has 98 valence electrons. The predicted octanol–water partition coefficient (Wildman–Crippen LogP) is 1.18. The van der Waals surface area contributed by atoms with Crippen molar-refractivity contribution in [3.8, 4) is 0 Å². The standard InChI is InChI=1S/C11H19F2N3O/c1-3-9-5-10(16(4-2)15-9)6-14-7-11(12,13)8-17/h5,14,17H,3-4,6-8H2,1-2H3. The number of aliphatic hydroxyl groups is 1. The first-order valence-corrected chi connectivity index (χ1v) is 5.77. The van der Waals surface area contributed by atoms with Gasteiger partial charge >= 0.3 is 0 Å². The number of hydrogen-bond acceptors (Lipinski definition) is 3. The molecule has 1 aromatic rings. The molecule has 0 aliphatic heterocycles. The van der Waals surface area contributed by atoms with Gasteiger partial charge in [0.2, 0.25) is 0 Å². The van der Waals surface area contributed by atoms with Crippen LogP contribution < -0.4 is 5.32 Å². The SMILES string of the molecule is CCc1cc(CNCC(F)(F)CO)n(CC)n1. The van der Waals surface area contributed by atoms with Gasteiger partial charge in [0.15, 0.2) is 0 Å². The summed E-state index contributed by atoms with van der Waals surface area (Å²) < 4.78 is 27.3. The zero-order chi connectivity index (χ0) is 12.9. The van der Waals surface area contributed by atoms with E-state index in [0.717, 1.165) is 17.8 Å². The van der Waals surface area contributed by atoms with Gasteiger partial charge in [-0.25, -0.2) is 8.78 Å². The Balaban J connectivity index is 2.54. The fourth-order valence-corrected chi connectivity index (χ4v) is 1.53. The molecule has 6 heteroatoms. The molecule has 2 N–H and O–H groups in total. The number of hydrogen-bond donors (Lipinski definition) is 2. The number of nitrogens with one attached hydrogen (secondary N) is 1. The molecule has 0 bridgehead atoms. The first kappa shape index (κ1) is 14.1. The zero-order valence-corrected chi connectivity index (χ0v) is 10.2. The van der Waals surface area contributed by atoms with Crippen molar-refractivity contribution in [1.82, 2.24) is 15.1 Å². The van der Waals surface area contributed by atoms with Gasteiger partial charge in [-0.15, -0.1) is 0 Å². The van der Waals surface area contributed by atoms with Crippen LogP contribution >= 0.6 is 0 Å². The van der Waals surface area contributed by atoms with Gasteiger partial charge in [0, 0.05) is 13.1 Å². The topological polar surface area (TPSA) is 50.1 Å². The van der Waals surface area contributed by atoms with Gasteiger partial charge in [0.05, 0.1) is 17.9 Å². The van der Waals surface area contributed by atoms with Crippen molar-refractivity contribution in [1.29, 1.82) is 0 Å². The van der Waals surface area contributed by atoms with Crippen LogP contribution in [0, 0.1) is 0 Å². The third-order valence-electron chi connectivity index (χ3n) is 2.50. The van der Waals surface area contributed by atoms with Gasteiger partial charge in [-0.1, -0.05) is 6.92 Å². The highest BCUT2D eigenvalue weighted by atomic mass is 19.3. The summed E-state index contributed by atoms with van der Waals surface area (Å²) in [6.07, 6.45) is 0.826. The Morgan fingerprint density at radius 3 is 2.71 bits per heavy atom. The van der Waals surface area contributed by atoms with Gasteiger partial charge < -0.3 is 10.4 Å². The van der Waals surface area contributed by atoms with Crippen LogP contribution in [0.5, 0.6) is 0 Å². The van der Waals surface area contributed by atoms with E-state index >= 15 is 0 Å². The van der Waals surface area contributed by atoms with Crippen molar-refractivity contribution in [2.24, 2.45) is 0 Å². The van der Waals surface area contributed by atoms with E-state index in [4.69, 9.17) is 5.11 Å². The highest BCUT2D eigenvalue weighted by Crippen LogP contribution is 2.11. The van der Waals surface area contributed by atoms with Gasteiger partial charge in [0.1, 0.15) is 6.61 Å². The fraction of sp³-hybridized carbons (Fsp3) is 0.727. The summed E-state index contributed by atoms with van der Waals surface area (Å²) in [6, 6.07) is 1.91. The number of nitrogens with zero attached hydrogens (tertiary/aromatic N) is 2. The molecule has 0 aliphatic carbocycles. The molecule has 0 radical (unpaired) electrons. The third-order valence-corrected chi connectivity index (χ3v) is 2.50. The van der Waals surface area contributed by atoms with Crippen molar-refractivity contribution >= 4 is 0 Å². The summed E-state index contributed by atoms with van der Waals surface area (Å²) >= 11 is 0. The lowest BCUT2D eigenvalue weighted by atomic mass is 10.3. The number of alkyl halides is 2. The molecule has 0 atom stereocenters. The molecule has 0 aliphatic rings. The van der Waals surface area contributed by atoms with Crippen molar-refractivity contribution in [3.05, 3.63) is 17.5 Å². The minimum atomic E-state index is -3.06. The van der Waals surface area contributed by atoms with Crippen molar-refractivity contribution in [2.75, 3.05) is 13.2 Å². The van der Waals surface area contributed by atoms with Crippen LogP contribution in [0.4, 0.5) is 8.78 Å². The second-order valence-electron chi connectivity index (χ2n) is 3.91. The van der Waals surface area contributed by atoms with E-state index in [1.807, 2.05) is 19.9 Å². The molecule has 0 spiro atoms. The Morgan fingerprint density at radius 2 is 2.18 bits per heavy atom. The number of aromatic nitrogens is 2. The Kier molecular flexibility index (Phi) is 5.02. The second-order valence-corrected chi connectivity index (χ2v) is 3.91. The highest BCUT2D eigenvalue weighted by Gasteiger charge is 2.26. The Hall–Kier alpha value is -1.01. The summed E-state index contributed by atoms with van der Waals surface area (Å²) in [6.45, 7) is 3.34. The quantitative estimate of drug-likeness (QED) is 0.760. The van der Waals surface area contributed by atoms with E-state index in [9.17, 15) is 8.78 Å². The first-order valence-electron chi connectivity index (χ1n) is 5.77. The summed E-state index contributed by atoms with van der Waals surface area (Å²) in [5.74, 6) is -3.06. The minimum absolute atomic E-state index is 0.330. The average molecular weight is 247 g/mol. The molecule has 1 heterocycles. The molecule has 0 amide bonds. The molecule has 0 saturated heterocycles. The molecule has 1 aromatic heterocycles. The summed E-state index contributed by atoms with van der Waals surface area (Å²) in [5.41, 5.74) is 1.84. The van der Waals surface area contributed by atoms with E-state index in [1.165, 1.54) is 0 Å². The molecule has 0 unspecified atom stereocenters. The minimum Gasteiger partial charge on any atom is -0.390 e. The lowest BCUT2D eigenvalue weighted by Crippen LogP contribution is -2.35. The van der Waals surface area contributed by atoms with Crippen molar-refractivity contribution in [2.45, 2.75) is 39.3 Å². The highest BCUT2D eigenvalue weighted by molar-refractivity contribution is 5.10. The molecular formula is C11H19F2N3O.